The van der Waals surface area contributed by atoms with Crippen LogP contribution in [-0.2, 0) is 4.79 Å². The van der Waals surface area contributed by atoms with Gasteiger partial charge in [-0.15, -0.1) is 0 Å². The van der Waals surface area contributed by atoms with Gasteiger partial charge >= 0.3 is 0 Å². The minimum atomic E-state index is -0.657. The average Bonchev–Trinajstić information content (AvgIpc) is 3.41. The lowest BCUT2D eigenvalue weighted by molar-refractivity contribution is -0.225. The van der Waals surface area contributed by atoms with E-state index in [1.165, 1.54) is 0 Å². The SMILES string of the molecule is C[C@]12CC[C@H]3[C@@H](C4CC4[C@]4(O)CC(O)CC[C@]34C)[C@@H]1C1CC1C2=O. The third kappa shape index (κ3) is 1.37. The van der Waals surface area contributed by atoms with Crippen LogP contribution < -0.4 is 0 Å². The zero-order valence-electron chi connectivity index (χ0n) is 14.9. The summed E-state index contributed by atoms with van der Waals surface area (Å²) in [7, 11) is 0. The van der Waals surface area contributed by atoms with Crippen molar-refractivity contribution >= 4 is 5.78 Å². The molecule has 0 saturated heterocycles. The Morgan fingerprint density at radius 3 is 2.62 bits per heavy atom. The van der Waals surface area contributed by atoms with Crippen LogP contribution in [0.25, 0.3) is 0 Å². The molecule has 6 rings (SSSR count). The summed E-state index contributed by atoms with van der Waals surface area (Å²) in [4.78, 5) is 12.9. The van der Waals surface area contributed by atoms with E-state index in [0.29, 0.717) is 53.6 Å². The number of hydrogen-bond donors (Lipinski definition) is 2. The van der Waals surface area contributed by atoms with Crippen molar-refractivity contribution in [1.82, 2.24) is 0 Å². The number of aliphatic hydroxyl groups excluding tert-OH is 1. The van der Waals surface area contributed by atoms with Gasteiger partial charge in [0.25, 0.3) is 0 Å². The Labute approximate surface area is 144 Å². The van der Waals surface area contributed by atoms with E-state index >= 15 is 0 Å². The highest BCUT2D eigenvalue weighted by Gasteiger charge is 2.78. The zero-order chi connectivity index (χ0) is 16.6. The second kappa shape index (κ2) is 3.96. The molecular weight excluding hydrogens is 300 g/mol. The quantitative estimate of drug-likeness (QED) is 0.718. The van der Waals surface area contributed by atoms with Gasteiger partial charge in [0.15, 0.2) is 0 Å². The van der Waals surface area contributed by atoms with Crippen LogP contribution in [0, 0.1) is 52.3 Å². The molecule has 6 fully saturated rings. The molecule has 0 spiro atoms. The normalized spacial score (nSPS) is 69.1. The highest BCUT2D eigenvalue weighted by molar-refractivity contribution is 5.92. The lowest BCUT2D eigenvalue weighted by Crippen LogP contribution is -2.64. The van der Waals surface area contributed by atoms with Crippen LogP contribution in [0.5, 0.6) is 0 Å². The highest BCUT2D eigenvalue weighted by Crippen LogP contribution is 2.78. The Morgan fingerprint density at radius 1 is 1.04 bits per heavy atom. The van der Waals surface area contributed by atoms with E-state index in [1.807, 2.05) is 0 Å². The van der Waals surface area contributed by atoms with Crippen LogP contribution in [0.1, 0.15) is 58.8 Å². The third-order valence-corrected chi connectivity index (χ3v) is 10.1. The van der Waals surface area contributed by atoms with E-state index in [4.69, 9.17) is 0 Å². The van der Waals surface area contributed by atoms with E-state index in [9.17, 15) is 15.0 Å². The van der Waals surface area contributed by atoms with Crippen molar-refractivity contribution in [2.45, 2.75) is 70.5 Å². The van der Waals surface area contributed by atoms with Gasteiger partial charge in [0.2, 0.25) is 0 Å². The summed E-state index contributed by atoms with van der Waals surface area (Å²) < 4.78 is 0. The summed E-state index contributed by atoms with van der Waals surface area (Å²) >= 11 is 0. The summed E-state index contributed by atoms with van der Waals surface area (Å²) in [5, 5.41) is 21.9. The van der Waals surface area contributed by atoms with Crippen molar-refractivity contribution < 1.29 is 15.0 Å². The first-order valence-corrected chi connectivity index (χ1v) is 10.3. The minimum Gasteiger partial charge on any atom is -0.393 e. The molecule has 0 heterocycles. The monoisotopic (exact) mass is 330 g/mol. The van der Waals surface area contributed by atoms with Crippen LogP contribution in [-0.4, -0.2) is 27.7 Å². The van der Waals surface area contributed by atoms with E-state index in [0.717, 1.165) is 38.5 Å². The van der Waals surface area contributed by atoms with Gasteiger partial charge < -0.3 is 10.2 Å². The fraction of sp³-hybridized carbons (Fsp3) is 0.952. The van der Waals surface area contributed by atoms with Gasteiger partial charge in [-0.25, -0.2) is 0 Å². The van der Waals surface area contributed by atoms with Gasteiger partial charge in [-0.05, 0) is 79.4 Å². The van der Waals surface area contributed by atoms with Crippen LogP contribution in [0.15, 0.2) is 0 Å². The van der Waals surface area contributed by atoms with E-state index in [-0.39, 0.29) is 16.9 Å². The molecule has 0 aliphatic heterocycles. The zero-order valence-corrected chi connectivity index (χ0v) is 14.9. The Balaban J connectivity index is 1.45. The Kier molecular flexibility index (Phi) is 2.43. The molecule has 6 aliphatic carbocycles. The van der Waals surface area contributed by atoms with E-state index < -0.39 is 5.60 Å². The number of hydrogen-bond acceptors (Lipinski definition) is 3. The lowest BCUT2D eigenvalue weighted by Gasteiger charge is -2.63. The minimum absolute atomic E-state index is 0.0497. The molecule has 6 saturated carbocycles. The number of Topliss-reactive ketones (excluding diaryl/α,β-unsaturated/α-hetero) is 1. The van der Waals surface area contributed by atoms with E-state index in [2.05, 4.69) is 13.8 Å². The van der Waals surface area contributed by atoms with Crippen molar-refractivity contribution in [2.24, 2.45) is 52.3 Å². The van der Waals surface area contributed by atoms with Crippen LogP contribution in [0.4, 0.5) is 0 Å². The van der Waals surface area contributed by atoms with E-state index in [1.54, 1.807) is 0 Å². The molecule has 3 heteroatoms. The first-order chi connectivity index (χ1) is 11.3. The Hall–Kier alpha value is -0.410. The van der Waals surface area contributed by atoms with Crippen molar-refractivity contribution in [3.05, 3.63) is 0 Å². The number of carbonyl (C=O) groups excluding carboxylic acids is 1. The smallest absolute Gasteiger partial charge is 0.142 e. The van der Waals surface area contributed by atoms with Crippen LogP contribution in [0.3, 0.4) is 0 Å². The number of rotatable bonds is 0. The average molecular weight is 330 g/mol. The predicted octanol–water partition coefficient (Wildman–Crippen LogP) is 2.79. The van der Waals surface area contributed by atoms with Crippen LogP contribution >= 0.6 is 0 Å². The van der Waals surface area contributed by atoms with Gasteiger partial charge in [-0.2, -0.15) is 0 Å². The molecule has 3 nitrogen and oxygen atoms in total. The van der Waals surface area contributed by atoms with Crippen molar-refractivity contribution in [3.8, 4) is 0 Å². The predicted molar refractivity (Wildman–Crippen MR) is 88.9 cm³/mol. The number of ketones is 1. The number of aliphatic hydroxyl groups is 2. The molecule has 132 valence electrons. The number of carbonyl (C=O) groups is 1. The molecular formula is C21H30O3. The van der Waals surface area contributed by atoms with Crippen molar-refractivity contribution in [3.63, 3.8) is 0 Å². The molecule has 0 radical (unpaired) electrons. The first kappa shape index (κ1) is 14.7. The van der Waals surface area contributed by atoms with Gasteiger partial charge in [0.05, 0.1) is 11.7 Å². The molecule has 24 heavy (non-hydrogen) atoms. The molecule has 6 aliphatic rings. The summed E-state index contributed by atoms with van der Waals surface area (Å²) in [6.07, 6.45) is 6.50. The lowest BCUT2D eigenvalue weighted by atomic mass is 9.43. The summed E-state index contributed by atoms with van der Waals surface area (Å²) in [6.45, 7) is 4.60. The second-order valence-corrected chi connectivity index (χ2v) is 10.8. The maximum absolute atomic E-state index is 12.9. The molecule has 0 bridgehead atoms. The third-order valence-electron chi connectivity index (χ3n) is 10.1. The standard InChI is InChI=1S/C21H30O3/c1-19-5-4-14-16(17(19)11-7-12(11)18(19)23)13-8-15(13)21(24)9-10(22)3-6-20(14,21)2/h10-17,22,24H,3-9H2,1-2H3/t10?,11?,12?,13?,14-,15?,16+,17-,19-,20+,21+/m0/s1. The molecule has 11 atom stereocenters. The molecule has 0 aromatic heterocycles. The number of fused-ring (bicyclic) bond motifs is 10. The molecule has 0 aromatic rings. The van der Waals surface area contributed by atoms with Crippen LogP contribution in [0.2, 0.25) is 0 Å². The van der Waals surface area contributed by atoms with Gasteiger partial charge in [-0.1, -0.05) is 13.8 Å². The molecule has 0 amide bonds. The summed E-state index contributed by atoms with van der Waals surface area (Å²) in [6, 6.07) is 0. The van der Waals surface area contributed by atoms with Crippen molar-refractivity contribution in [2.75, 3.05) is 0 Å². The Morgan fingerprint density at radius 2 is 1.83 bits per heavy atom. The summed E-state index contributed by atoms with van der Waals surface area (Å²) in [5.74, 6) is 4.46. The first-order valence-electron chi connectivity index (χ1n) is 10.3. The largest absolute Gasteiger partial charge is 0.393 e. The van der Waals surface area contributed by atoms with Gasteiger partial charge in [0.1, 0.15) is 5.78 Å². The van der Waals surface area contributed by atoms with Gasteiger partial charge in [-0.3, -0.25) is 4.79 Å². The Bertz CT molecular complexity index is 645. The molecule has 0 aromatic carbocycles. The van der Waals surface area contributed by atoms with Gasteiger partial charge in [0, 0.05) is 17.8 Å². The fourth-order valence-electron chi connectivity index (χ4n) is 8.83. The second-order valence-electron chi connectivity index (χ2n) is 10.8. The molecule has 2 N–H and O–H groups in total. The van der Waals surface area contributed by atoms with Crippen molar-refractivity contribution in [1.29, 1.82) is 0 Å². The topological polar surface area (TPSA) is 57.5 Å². The maximum Gasteiger partial charge on any atom is 0.142 e. The maximum atomic E-state index is 12.9. The highest BCUT2D eigenvalue weighted by atomic mass is 16.3. The molecule has 5 unspecified atom stereocenters. The summed E-state index contributed by atoms with van der Waals surface area (Å²) in [5.41, 5.74) is -0.760. The fourth-order valence-corrected chi connectivity index (χ4v) is 8.83.